The minimum absolute atomic E-state index is 0.126. The van der Waals surface area contributed by atoms with Gasteiger partial charge in [-0.3, -0.25) is 4.79 Å². The summed E-state index contributed by atoms with van der Waals surface area (Å²) in [5.41, 5.74) is 2.83. The van der Waals surface area contributed by atoms with Crippen molar-refractivity contribution in [2.24, 2.45) is 0 Å². The van der Waals surface area contributed by atoms with Crippen molar-refractivity contribution < 1.29 is 4.74 Å². The lowest BCUT2D eigenvalue weighted by atomic mass is 10.1. The first-order valence-electron chi connectivity index (χ1n) is 6.65. The number of benzene rings is 2. The zero-order chi connectivity index (χ0) is 14.7. The first-order valence-corrected chi connectivity index (χ1v) is 7.77. The minimum atomic E-state index is -0.126. The largest absolute Gasteiger partial charge is 0.487 e. The number of hydrogen-bond acceptors (Lipinski definition) is 2. The van der Waals surface area contributed by atoms with Crippen LogP contribution in [0.3, 0.4) is 0 Å². The van der Waals surface area contributed by atoms with Gasteiger partial charge in [-0.2, -0.15) is 0 Å². The van der Waals surface area contributed by atoms with E-state index in [0.717, 1.165) is 27.4 Å². The fourth-order valence-corrected chi connectivity index (χ4v) is 2.75. The predicted octanol–water partition coefficient (Wildman–Crippen LogP) is 4.00. The van der Waals surface area contributed by atoms with E-state index in [1.807, 2.05) is 48.5 Å². The highest BCUT2D eigenvalue weighted by Gasteiger charge is 2.07. The van der Waals surface area contributed by atoms with Gasteiger partial charge in [0.15, 0.2) is 0 Å². The second-order valence-electron chi connectivity index (χ2n) is 4.74. The van der Waals surface area contributed by atoms with Crippen LogP contribution in [0.25, 0.3) is 10.9 Å². The monoisotopic (exact) mass is 343 g/mol. The molecule has 1 N–H and O–H groups in total. The first-order chi connectivity index (χ1) is 10.3. The van der Waals surface area contributed by atoms with Crippen LogP contribution >= 0.6 is 15.9 Å². The van der Waals surface area contributed by atoms with Crippen LogP contribution in [0.2, 0.25) is 0 Å². The van der Waals surface area contributed by atoms with Crippen LogP contribution in [-0.4, -0.2) is 4.98 Å². The summed E-state index contributed by atoms with van der Waals surface area (Å²) in [6, 6.07) is 17.2. The van der Waals surface area contributed by atoms with Gasteiger partial charge in [0.25, 0.3) is 0 Å². The number of H-pyrrole nitrogens is 1. The molecule has 0 atom stereocenters. The average Bonchev–Trinajstić information content (AvgIpc) is 2.53. The molecule has 106 valence electrons. The molecule has 0 amide bonds. The van der Waals surface area contributed by atoms with Gasteiger partial charge in [0.05, 0.1) is 5.52 Å². The summed E-state index contributed by atoms with van der Waals surface area (Å²) >= 11 is 3.46. The van der Waals surface area contributed by atoms with E-state index in [-0.39, 0.29) is 5.56 Å². The lowest BCUT2D eigenvalue weighted by molar-refractivity contribution is 0.309. The first kappa shape index (κ1) is 13.9. The Labute approximate surface area is 130 Å². The molecular formula is C17H14BrNO2. The molecule has 3 nitrogen and oxygen atoms in total. The Balaban J connectivity index is 1.98. The molecule has 0 saturated carbocycles. The highest BCUT2D eigenvalue weighted by Crippen LogP contribution is 2.27. The number of pyridine rings is 1. The van der Waals surface area contributed by atoms with E-state index in [9.17, 15) is 4.79 Å². The zero-order valence-corrected chi connectivity index (χ0v) is 12.9. The summed E-state index contributed by atoms with van der Waals surface area (Å²) in [6.45, 7) is 0.473. The number of nitrogens with one attached hydrogen (secondary N) is 1. The molecule has 0 spiro atoms. The summed E-state index contributed by atoms with van der Waals surface area (Å²) in [5, 5.41) is 1.73. The molecule has 3 rings (SSSR count). The molecule has 0 radical (unpaired) electrons. The van der Waals surface area contributed by atoms with Crippen molar-refractivity contribution in [3.05, 3.63) is 76.1 Å². The fraction of sp³-hybridized carbons (Fsp3) is 0.118. The van der Waals surface area contributed by atoms with Gasteiger partial charge in [0.2, 0.25) is 5.56 Å². The molecule has 0 bridgehead atoms. The average molecular weight is 344 g/mol. The van der Waals surface area contributed by atoms with Crippen molar-refractivity contribution in [1.29, 1.82) is 0 Å². The summed E-state index contributed by atoms with van der Waals surface area (Å²) in [4.78, 5) is 14.5. The molecule has 0 fully saturated rings. The van der Waals surface area contributed by atoms with Crippen LogP contribution in [0.4, 0.5) is 0 Å². The van der Waals surface area contributed by atoms with Gasteiger partial charge in [-0.1, -0.05) is 52.3 Å². The van der Waals surface area contributed by atoms with E-state index >= 15 is 0 Å². The SMILES string of the molecule is O=c1ccc2c(CBr)ccc(OCc3ccccc3)c2[nH]1. The van der Waals surface area contributed by atoms with Crippen molar-refractivity contribution in [2.45, 2.75) is 11.9 Å². The lowest BCUT2D eigenvalue weighted by Crippen LogP contribution is -2.05. The van der Waals surface area contributed by atoms with Gasteiger partial charge >= 0.3 is 0 Å². The molecule has 4 heteroatoms. The highest BCUT2D eigenvalue weighted by atomic mass is 79.9. The third kappa shape index (κ3) is 3.00. The maximum atomic E-state index is 11.6. The van der Waals surface area contributed by atoms with Crippen molar-refractivity contribution in [2.75, 3.05) is 0 Å². The molecule has 0 aliphatic heterocycles. The standard InChI is InChI=1S/C17H14BrNO2/c18-10-13-6-8-15(17-14(13)7-9-16(20)19-17)21-11-12-4-2-1-3-5-12/h1-9H,10-11H2,(H,19,20). The number of alkyl halides is 1. The molecule has 21 heavy (non-hydrogen) atoms. The quantitative estimate of drug-likeness (QED) is 0.727. The molecule has 0 unspecified atom stereocenters. The molecule has 2 aromatic carbocycles. The predicted molar refractivity (Wildman–Crippen MR) is 88.0 cm³/mol. The van der Waals surface area contributed by atoms with E-state index in [2.05, 4.69) is 20.9 Å². The van der Waals surface area contributed by atoms with Gasteiger partial charge in [-0.05, 0) is 23.3 Å². The van der Waals surface area contributed by atoms with Crippen molar-refractivity contribution >= 4 is 26.8 Å². The van der Waals surface area contributed by atoms with Crippen LogP contribution in [0.1, 0.15) is 11.1 Å². The Hall–Kier alpha value is -2.07. The van der Waals surface area contributed by atoms with Crippen LogP contribution in [0.5, 0.6) is 5.75 Å². The van der Waals surface area contributed by atoms with Crippen LogP contribution in [-0.2, 0) is 11.9 Å². The second-order valence-corrected chi connectivity index (χ2v) is 5.30. The van der Waals surface area contributed by atoms with E-state index in [0.29, 0.717) is 12.4 Å². The Bertz CT molecular complexity index is 812. The van der Waals surface area contributed by atoms with E-state index < -0.39 is 0 Å². The smallest absolute Gasteiger partial charge is 0.248 e. The fourth-order valence-electron chi connectivity index (χ4n) is 2.26. The van der Waals surface area contributed by atoms with Gasteiger partial charge < -0.3 is 9.72 Å². The van der Waals surface area contributed by atoms with Gasteiger partial charge in [0, 0.05) is 16.8 Å². The number of hydrogen-bond donors (Lipinski definition) is 1. The van der Waals surface area contributed by atoms with Crippen molar-refractivity contribution in [3.8, 4) is 5.75 Å². The molecule has 0 aliphatic carbocycles. The molecule has 0 aliphatic rings. The second kappa shape index (κ2) is 6.14. The zero-order valence-electron chi connectivity index (χ0n) is 11.3. The summed E-state index contributed by atoms with van der Waals surface area (Å²) in [6.07, 6.45) is 0. The Morgan fingerprint density at radius 3 is 2.57 bits per heavy atom. The number of fused-ring (bicyclic) bond motifs is 1. The summed E-state index contributed by atoms with van der Waals surface area (Å²) < 4.78 is 5.87. The highest BCUT2D eigenvalue weighted by molar-refractivity contribution is 9.08. The number of ether oxygens (including phenoxy) is 1. The van der Waals surface area contributed by atoms with Gasteiger partial charge in [-0.15, -0.1) is 0 Å². The molecule has 1 heterocycles. The molecule has 3 aromatic rings. The molecule has 0 saturated heterocycles. The van der Waals surface area contributed by atoms with Crippen molar-refractivity contribution in [3.63, 3.8) is 0 Å². The number of halogens is 1. The number of aromatic nitrogens is 1. The Morgan fingerprint density at radius 1 is 1.00 bits per heavy atom. The van der Waals surface area contributed by atoms with E-state index in [1.54, 1.807) is 0 Å². The van der Waals surface area contributed by atoms with Gasteiger partial charge in [0.1, 0.15) is 12.4 Å². The van der Waals surface area contributed by atoms with E-state index in [4.69, 9.17) is 4.74 Å². The Kier molecular flexibility index (Phi) is 4.06. The number of rotatable bonds is 4. The normalized spacial score (nSPS) is 10.7. The topological polar surface area (TPSA) is 42.1 Å². The molecular weight excluding hydrogens is 330 g/mol. The minimum Gasteiger partial charge on any atom is -0.487 e. The molecule has 1 aromatic heterocycles. The maximum absolute atomic E-state index is 11.6. The maximum Gasteiger partial charge on any atom is 0.248 e. The number of aromatic amines is 1. The lowest BCUT2D eigenvalue weighted by Gasteiger charge is -2.11. The van der Waals surface area contributed by atoms with Gasteiger partial charge in [-0.25, -0.2) is 0 Å². The van der Waals surface area contributed by atoms with Crippen LogP contribution < -0.4 is 10.3 Å². The van der Waals surface area contributed by atoms with E-state index in [1.165, 1.54) is 6.07 Å². The Morgan fingerprint density at radius 2 is 1.81 bits per heavy atom. The summed E-state index contributed by atoms with van der Waals surface area (Å²) in [7, 11) is 0. The van der Waals surface area contributed by atoms with Crippen LogP contribution in [0, 0.1) is 0 Å². The van der Waals surface area contributed by atoms with Crippen molar-refractivity contribution in [1.82, 2.24) is 4.98 Å². The summed E-state index contributed by atoms with van der Waals surface area (Å²) in [5.74, 6) is 0.691. The third-order valence-electron chi connectivity index (χ3n) is 3.33. The third-order valence-corrected chi connectivity index (χ3v) is 3.93. The van der Waals surface area contributed by atoms with Crippen LogP contribution in [0.15, 0.2) is 59.4 Å².